The number of thiophene rings is 2. The second-order valence-corrected chi connectivity index (χ2v) is 11.6. The second-order valence-electron chi connectivity index (χ2n) is 8.55. The molecule has 1 aliphatic carbocycles. The fourth-order valence-electron chi connectivity index (χ4n) is 4.39. The van der Waals surface area contributed by atoms with E-state index >= 15 is 0 Å². The molecule has 1 N–H and O–H groups in total. The Morgan fingerprint density at radius 3 is 2.71 bits per heavy atom. The molecule has 10 heteroatoms. The van der Waals surface area contributed by atoms with Gasteiger partial charge in [0, 0.05) is 27.2 Å². The van der Waals surface area contributed by atoms with Gasteiger partial charge in [-0.05, 0) is 50.7 Å². The Labute approximate surface area is 218 Å². The highest BCUT2D eigenvalue weighted by Gasteiger charge is 2.26. The highest BCUT2D eigenvalue weighted by atomic mass is 32.2. The molecular weight excluding hydrogens is 501 g/mol. The van der Waals surface area contributed by atoms with Crippen LogP contribution in [0.2, 0.25) is 0 Å². The highest BCUT2D eigenvalue weighted by Crippen LogP contribution is 2.38. The molecular formula is C25H32N4O3S3. The van der Waals surface area contributed by atoms with Crippen LogP contribution < -0.4 is 5.32 Å². The zero-order valence-electron chi connectivity index (χ0n) is 20.5. The minimum atomic E-state index is -0.375. The van der Waals surface area contributed by atoms with Gasteiger partial charge in [-0.15, -0.1) is 32.9 Å². The number of aromatic nitrogens is 3. The van der Waals surface area contributed by atoms with Crippen molar-refractivity contribution in [3.05, 3.63) is 32.3 Å². The Morgan fingerprint density at radius 1 is 1.17 bits per heavy atom. The quantitative estimate of drug-likeness (QED) is 0.260. The summed E-state index contributed by atoms with van der Waals surface area (Å²) >= 11 is 4.63. The van der Waals surface area contributed by atoms with E-state index in [2.05, 4.69) is 40.8 Å². The van der Waals surface area contributed by atoms with Crippen LogP contribution in [-0.4, -0.2) is 39.5 Å². The van der Waals surface area contributed by atoms with Gasteiger partial charge in [0.1, 0.15) is 5.00 Å². The standard InChI is InChI=1S/C25H32N4O3S3/c1-4-10-17-13-16(14-33-17)22-27-28-25(29(22)5-2)34-15-20(30)26-23-21(24(31)32-3)18-11-8-6-7-9-12-19(18)35-23/h13-14H,4-12,15H2,1-3H3,(H,26,30). The lowest BCUT2D eigenvalue weighted by Crippen LogP contribution is -2.17. The number of carbonyl (C=O) groups is 2. The number of hydrogen-bond acceptors (Lipinski definition) is 8. The molecule has 1 aliphatic rings. The van der Waals surface area contributed by atoms with Gasteiger partial charge in [0.05, 0.1) is 18.4 Å². The average molecular weight is 533 g/mol. The van der Waals surface area contributed by atoms with Crippen LogP contribution in [0.3, 0.4) is 0 Å². The van der Waals surface area contributed by atoms with Crippen LogP contribution in [0.1, 0.15) is 71.6 Å². The Bertz CT molecular complexity index is 1180. The molecule has 0 atom stereocenters. The van der Waals surface area contributed by atoms with E-state index in [4.69, 9.17) is 4.74 Å². The van der Waals surface area contributed by atoms with Gasteiger partial charge in [-0.3, -0.25) is 4.79 Å². The van der Waals surface area contributed by atoms with E-state index in [1.807, 2.05) is 4.57 Å². The van der Waals surface area contributed by atoms with Crippen LogP contribution in [-0.2, 0) is 35.3 Å². The monoisotopic (exact) mass is 532 g/mol. The first-order valence-electron chi connectivity index (χ1n) is 12.2. The fraction of sp³-hybridized carbons (Fsp3) is 0.520. The van der Waals surface area contributed by atoms with E-state index in [0.29, 0.717) is 15.7 Å². The number of fused-ring (bicyclic) bond motifs is 1. The minimum Gasteiger partial charge on any atom is -0.465 e. The van der Waals surface area contributed by atoms with Crippen molar-refractivity contribution in [3.8, 4) is 11.4 Å². The number of methoxy groups -OCH3 is 1. The van der Waals surface area contributed by atoms with Gasteiger partial charge < -0.3 is 14.6 Å². The molecule has 188 valence electrons. The number of ether oxygens (including phenoxy) is 1. The summed E-state index contributed by atoms with van der Waals surface area (Å²) in [6, 6.07) is 2.18. The zero-order chi connectivity index (χ0) is 24.8. The number of anilines is 1. The molecule has 0 aromatic carbocycles. The number of nitrogens with zero attached hydrogens (tertiary/aromatic N) is 3. The largest absolute Gasteiger partial charge is 0.465 e. The molecule has 0 fully saturated rings. The van der Waals surface area contributed by atoms with Crippen molar-refractivity contribution in [1.29, 1.82) is 0 Å². The van der Waals surface area contributed by atoms with E-state index < -0.39 is 0 Å². The number of nitrogens with one attached hydrogen (secondary N) is 1. The normalized spacial score (nSPS) is 13.7. The van der Waals surface area contributed by atoms with Crippen molar-refractivity contribution >= 4 is 51.3 Å². The van der Waals surface area contributed by atoms with Crippen molar-refractivity contribution in [1.82, 2.24) is 14.8 Å². The maximum absolute atomic E-state index is 12.9. The molecule has 4 rings (SSSR count). The van der Waals surface area contributed by atoms with Crippen molar-refractivity contribution in [2.75, 3.05) is 18.2 Å². The summed E-state index contributed by atoms with van der Waals surface area (Å²) in [6.07, 6.45) is 8.50. The topological polar surface area (TPSA) is 86.1 Å². The van der Waals surface area contributed by atoms with Crippen molar-refractivity contribution in [2.24, 2.45) is 0 Å². The number of carbonyl (C=O) groups excluding carboxylic acids is 2. The summed E-state index contributed by atoms with van der Waals surface area (Å²) in [7, 11) is 1.39. The van der Waals surface area contributed by atoms with Crippen LogP contribution in [0.15, 0.2) is 16.6 Å². The average Bonchev–Trinajstić information content (AvgIpc) is 3.54. The number of hydrogen-bond donors (Lipinski definition) is 1. The summed E-state index contributed by atoms with van der Waals surface area (Å²) in [4.78, 5) is 28.1. The van der Waals surface area contributed by atoms with Gasteiger partial charge in [-0.2, -0.15) is 0 Å². The molecule has 35 heavy (non-hydrogen) atoms. The first kappa shape index (κ1) is 25.9. The van der Waals surface area contributed by atoms with Crippen molar-refractivity contribution in [2.45, 2.75) is 76.9 Å². The lowest BCUT2D eigenvalue weighted by molar-refractivity contribution is -0.113. The molecule has 0 saturated carbocycles. The maximum atomic E-state index is 12.9. The summed E-state index contributed by atoms with van der Waals surface area (Å²) in [6.45, 7) is 4.95. The summed E-state index contributed by atoms with van der Waals surface area (Å²) in [5.74, 6) is 0.480. The third-order valence-corrected chi connectivity index (χ3v) is 9.26. The smallest absolute Gasteiger partial charge is 0.341 e. The fourth-order valence-corrected chi connectivity index (χ4v) is 7.45. The van der Waals surface area contributed by atoms with Crippen molar-refractivity contribution in [3.63, 3.8) is 0 Å². The lowest BCUT2D eigenvalue weighted by atomic mass is 9.96. The van der Waals surface area contributed by atoms with E-state index in [1.165, 1.54) is 52.8 Å². The van der Waals surface area contributed by atoms with E-state index in [0.717, 1.165) is 62.0 Å². The molecule has 3 aromatic heterocycles. The molecule has 0 aliphatic heterocycles. The van der Waals surface area contributed by atoms with Crippen LogP contribution in [0.25, 0.3) is 11.4 Å². The first-order chi connectivity index (χ1) is 17.0. The van der Waals surface area contributed by atoms with Crippen LogP contribution in [0.4, 0.5) is 5.00 Å². The Hall–Kier alpha value is -2.17. The van der Waals surface area contributed by atoms with Gasteiger partial charge in [0.2, 0.25) is 5.91 Å². The molecule has 3 aromatic rings. The number of rotatable bonds is 9. The molecule has 7 nitrogen and oxygen atoms in total. The molecule has 0 saturated heterocycles. The molecule has 0 spiro atoms. The van der Waals surface area contributed by atoms with Crippen LogP contribution in [0, 0.1) is 0 Å². The lowest BCUT2D eigenvalue weighted by Gasteiger charge is -2.11. The summed E-state index contributed by atoms with van der Waals surface area (Å²) < 4.78 is 7.11. The number of aryl methyl sites for hydroxylation is 2. The predicted molar refractivity (Wildman–Crippen MR) is 144 cm³/mol. The third kappa shape index (κ3) is 5.98. The Kier molecular flexibility index (Phi) is 9.02. The Balaban J connectivity index is 1.47. The van der Waals surface area contributed by atoms with Crippen LogP contribution in [0.5, 0.6) is 0 Å². The number of esters is 1. The number of thioether (sulfide) groups is 1. The van der Waals surface area contributed by atoms with E-state index in [1.54, 1.807) is 11.3 Å². The maximum Gasteiger partial charge on any atom is 0.341 e. The van der Waals surface area contributed by atoms with E-state index in [-0.39, 0.29) is 17.6 Å². The zero-order valence-corrected chi connectivity index (χ0v) is 23.0. The minimum absolute atomic E-state index is 0.164. The van der Waals surface area contributed by atoms with Gasteiger partial charge in [-0.1, -0.05) is 37.9 Å². The SMILES string of the molecule is CCCc1cc(-c2nnc(SCC(=O)Nc3sc4c(c3C(=O)OC)CCCCCC4)n2CC)cs1. The van der Waals surface area contributed by atoms with Crippen LogP contribution >= 0.6 is 34.4 Å². The predicted octanol–water partition coefficient (Wildman–Crippen LogP) is 6.22. The van der Waals surface area contributed by atoms with Gasteiger partial charge >= 0.3 is 5.97 Å². The van der Waals surface area contributed by atoms with Gasteiger partial charge in [0.25, 0.3) is 0 Å². The molecule has 0 radical (unpaired) electrons. The van der Waals surface area contributed by atoms with E-state index in [9.17, 15) is 9.59 Å². The van der Waals surface area contributed by atoms with Gasteiger partial charge in [-0.25, -0.2) is 4.79 Å². The highest BCUT2D eigenvalue weighted by molar-refractivity contribution is 7.99. The molecule has 3 heterocycles. The number of amides is 1. The molecule has 0 bridgehead atoms. The summed E-state index contributed by atoms with van der Waals surface area (Å²) in [5.41, 5.74) is 2.66. The second kappa shape index (κ2) is 12.2. The Morgan fingerprint density at radius 2 is 1.97 bits per heavy atom. The first-order valence-corrected chi connectivity index (χ1v) is 14.9. The molecule has 1 amide bonds. The van der Waals surface area contributed by atoms with Gasteiger partial charge in [0.15, 0.2) is 11.0 Å². The third-order valence-electron chi connectivity index (χ3n) is 6.09. The van der Waals surface area contributed by atoms with Crippen molar-refractivity contribution < 1.29 is 14.3 Å². The molecule has 0 unspecified atom stereocenters. The summed E-state index contributed by atoms with van der Waals surface area (Å²) in [5, 5.41) is 15.2.